The van der Waals surface area contributed by atoms with Crippen LogP contribution in [-0.2, 0) is 6.54 Å². The smallest absolute Gasteiger partial charge is 0.318 e. The monoisotopic (exact) mass is 466 g/mol. The Hall–Kier alpha value is -4.08. The van der Waals surface area contributed by atoms with Crippen LogP contribution in [0.25, 0.3) is 11.1 Å². The number of hydrogen-bond acceptors (Lipinski definition) is 6. The number of nitro groups is 1. The lowest BCUT2D eigenvalue weighted by molar-refractivity contribution is -0.383. The number of nitrogens with zero attached hydrogens (tertiary/aromatic N) is 3. The molecule has 1 saturated carbocycles. The van der Waals surface area contributed by atoms with Crippen molar-refractivity contribution in [3.63, 3.8) is 0 Å². The van der Waals surface area contributed by atoms with E-state index in [1.54, 1.807) is 6.07 Å². The van der Waals surface area contributed by atoms with Crippen molar-refractivity contribution in [2.75, 3.05) is 18.9 Å². The van der Waals surface area contributed by atoms with Crippen LogP contribution < -0.4 is 10.5 Å². The van der Waals surface area contributed by atoms with Crippen LogP contribution >= 0.6 is 0 Å². The van der Waals surface area contributed by atoms with Gasteiger partial charge in [-0.3, -0.25) is 14.9 Å². The van der Waals surface area contributed by atoms with E-state index in [9.17, 15) is 19.3 Å². The highest BCUT2D eigenvalue weighted by atomic mass is 19.1. The number of fused-ring (bicyclic) bond motifs is 1. The summed E-state index contributed by atoms with van der Waals surface area (Å²) in [4.78, 5) is 28.9. The number of amides is 1. The van der Waals surface area contributed by atoms with Gasteiger partial charge in [0.2, 0.25) is 5.82 Å². The summed E-state index contributed by atoms with van der Waals surface area (Å²) in [6.07, 6.45) is 3.28. The van der Waals surface area contributed by atoms with E-state index in [1.165, 1.54) is 35.4 Å². The molecule has 1 aromatic heterocycles. The second kappa shape index (κ2) is 8.36. The molecule has 0 spiro atoms. The van der Waals surface area contributed by atoms with Gasteiger partial charge in [0, 0.05) is 18.3 Å². The number of carbonyl (C=O) groups excluding carboxylic acids is 1. The Bertz CT molecular complexity index is 1330. The summed E-state index contributed by atoms with van der Waals surface area (Å²) >= 11 is 0. The molecule has 1 aliphatic carbocycles. The molecule has 2 heterocycles. The van der Waals surface area contributed by atoms with Crippen LogP contribution in [0.2, 0.25) is 0 Å². The zero-order chi connectivity index (χ0) is 24.0. The van der Waals surface area contributed by atoms with E-state index < -0.39 is 28.2 Å². The lowest BCUT2D eigenvalue weighted by Gasteiger charge is -2.21. The standard InChI is InChI=1S/C24H20F2N4O4/c25-18-9-14(17-5-6-28-23(27)22(17)30(32)33)3-4-15(18)12-29-7-8-34-20-11-16(13-1-2-13)10-19(26)21(20)24(29)31/h3-6,9-11,13H,1-2,7-8,12H2,(H2,27,28). The van der Waals surface area contributed by atoms with Crippen LogP contribution in [0.15, 0.2) is 42.6 Å². The number of halogens is 2. The molecule has 2 aliphatic rings. The van der Waals surface area contributed by atoms with E-state index in [4.69, 9.17) is 10.5 Å². The quantitative estimate of drug-likeness (QED) is 0.440. The summed E-state index contributed by atoms with van der Waals surface area (Å²) in [5.74, 6) is -1.63. The highest BCUT2D eigenvalue weighted by Gasteiger charge is 2.31. The maximum atomic E-state index is 15.0. The van der Waals surface area contributed by atoms with E-state index in [-0.39, 0.29) is 53.5 Å². The fourth-order valence-electron chi connectivity index (χ4n) is 4.20. The van der Waals surface area contributed by atoms with Gasteiger partial charge in [-0.2, -0.15) is 0 Å². The number of nitrogen functional groups attached to an aromatic ring is 1. The first-order chi connectivity index (χ1) is 16.3. The highest BCUT2D eigenvalue weighted by molar-refractivity contribution is 5.97. The van der Waals surface area contributed by atoms with Crippen molar-refractivity contribution in [3.05, 3.63) is 81.0 Å². The normalized spacial score (nSPS) is 15.5. The fraction of sp³-hybridized carbons (Fsp3) is 0.250. The van der Waals surface area contributed by atoms with Crippen LogP contribution in [0, 0.1) is 21.7 Å². The SMILES string of the molecule is Nc1nccc(-c2ccc(CN3CCOc4cc(C5CC5)cc(F)c4C3=O)c(F)c2)c1[N+](=O)[O-]. The molecule has 1 aliphatic heterocycles. The van der Waals surface area contributed by atoms with E-state index in [1.807, 2.05) is 0 Å². The molecule has 174 valence electrons. The van der Waals surface area contributed by atoms with Gasteiger partial charge < -0.3 is 15.4 Å². The highest BCUT2D eigenvalue weighted by Crippen LogP contribution is 2.43. The van der Waals surface area contributed by atoms with Crippen molar-refractivity contribution in [2.45, 2.75) is 25.3 Å². The molecule has 1 amide bonds. The van der Waals surface area contributed by atoms with Gasteiger partial charge in [0.25, 0.3) is 5.91 Å². The third-order valence-electron chi connectivity index (χ3n) is 6.11. The van der Waals surface area contributed by atoms with Gasteiger partial charge in [-0.1, -0.05) is 12.1 Å². The molecular formula is C24H20F2N4O4. The molecule has 0 bridgehead atoms. The number of rotatable bonds is 5. The molecule has 2 N–H and O–H groups in total. The number of aromatic nitrogens is 1. The minimum Gasteiger partial charge on any atom is -0.491 e. The average Bonchev–Trinajstić information content (AvgIpc) is 3.64. The lowest BCUT2D eigenvalue weighted by Crippen LogP contribution is -2.32. The van der Waals surface area contributed by atoms with E-state index in [2.05, 4.69) is 4.98 Å². The van der Waals surface area contributed by atoms with Crippen molar-refractivity contribution in [3.8, 4) is 16.9 Å². The molecular weight excluding hydrogens is 446 g/mol. The van der Waals surface area contributed by atoms with Gasteiger partial charge in [0.1, 0.15) is 29.6 Å². The zero-order valence-electron chi connectivity index (χ0n) is 18.0. The summed E-state index contributed by atoms with van der Waals surface area (Å²) in [7, 11) is 0. The Morgan fingerprint density at radius 1 is 1.18 bits per heavy atom. The number of carbonyl (C=O) groups is 1. The molecule has 2 aromatic carbocycles. The van der Waals surface area contributed by atoms with Crippen LogP contribution in [0.4, 0.5) is 20.3 Å². The molecule has 3 aromatic rings. The molecule has 34 heavy (non-hydrogen) atoms. The topological polar surface area (TPSA) is 112 Å². The maximum absolute atomic E-state index is 15.0. The maximum Gasteiger partial charge on any atom is 0.318 e. The number of nitrogens with two attached hydrogens (primary N) is 1. The second-order valence-corrected chi connectivity index (χ2v) is 8.38. The van der Waals surface area contributed by atoms with Crippen LogP contribution in [-0.4, -0.2) is 33.9 Å². The number of ether oxygens (including phenoxy) is 1. The Balaban J connectivity index is 1.43. The van der Waals surface area contributed by atoms with Crippen LogP contribution in [0.3, 0.4) is 0 Å². The van der Waals surface area contributed by atoms with Crippen molar-refractivity contribution in [2.24, 2.45) is 0 Å². The number of hydrogen-bond donors (Lipinski definition) is 1. The van der Waals surface area contributed by atoms with Gasteiger partial charge >= 0.3 is 5.69 Å². The molecule has 5 rings (SSSR count). The van der Waals surface area contributed by atoms with Gasteiger partial charge in [0.05, 0.1) is 17.0 Å². The first kappa shape index (κ1) is 21.7. The fourth-order valence-corrected chi connectivity index (χ4v) is 4.20. The Morgan fingerprint density at radius 2 is 1.97 bits per heavy atom. The predicted molar refractivity (Wildman–Crippen MR) is 119 cm³/mol. The first-order valence-corrected chi connectivity index (χ1v) is 10.8. The van der Waals surface area contributed by atoms with Gasteiger partial charge in [-0.05, 0) is 54.2 Å². The summed E-state index contributed by atoms with van der Waals surface area (Å²) in [6.45, 7) is 0.186. The lowest BCUT2D eigenvalue weighted by atomic mass is 10.0. The Kier molecular flexibility index (Phi) is 5.35. The number of pyridine rings is 1. The molecule has 0 radical (unpaired) electrons. The Labute approximate surface area is 193 Å². The predicted octanol–water partition coefficient (Wildman–Crippen LogP) is 4.43. The average molecular weight is 466 g/mol. The first-order valence-electron chi connectivity index (χ1n) is 10.8. The largest absolute Gasteiger partial charge is 0.491 e. The van der Waals surface area contributed by atoms with Gasteiger partial charge in [-0.15, -0.1) is 0 Å². The summed E-state index contributed by atoms with van der Waals surface area (Å²) in [6, 6.07) is 8.58. The van der Waals surface area contributed by atoms with Crippen LogP contribution in [0.5, 0.6) is 5.75 Å². The molecule has 8 nitrogen and oxygen atoms in total. The molecule has 0 saturated heterocycles. The third-order valence-corrected chi connectivity index (χ3v) is 6.11. The van der Waals surface area contributed by atoms with Crippen molar-refractivity contribution in [1.82, 2.24) is 9.88 Å². The van der Waals surface area contributed by atoms with Crippen LogP contribution in [0.1, 0.15) is 40.2 Å². The van der Waals surface area contributed by atoms with Gasteiger partial charge in [-0.25, -0.2) is 13.8 Å². The van der Waals surface area contributed by atoms with E-state index in [0.717, 1.165) is 24.5 Å². The zero-order valence-corrected chi connectivity index (χ0v) is 18.0. The minimum atomic E-state index is -0.667. The minimum absolute atomic E-state index is 0.113. The van der Waals surface area contributed by atoms with Crippen molar-refractivity contribution < 1.29 is 23.2 Å². The summed E-state index contributed by atoms with van der Waals surface area (Å²) < 4.78 is 35.5. The third kappa shape index (κ3) is 3.91. The number of benzene rings is 2. The van der Waals surface area contributed by atoms with E-state index in [0.29, 0.717) is 5.92 Å². The van der Waals surface area contributed by atoms with Crippen molar-refractivity contribution in [1.29, 1.82) is 0 Å². The van der Waals surface area contributed by atoms with E-state index >= 15 is 4.39 Å². The molecule has 0 atom stereocenters. The second-order valence-electron chi connectivity index (χ2n) is 8.38. The number of anilines is 1. The van der Waals surface area contributed by atoms with Gasteiger partial charge in [0.15, 0.2) is 0 Å². The Morgan fingerprint density at radius 3 is 2.68 bits per heavy atom. The van der Waals surface area contributed by atoms with Crippen molar-refractivity contribution >= 4 is 17.4 Å². The summed E-state index contributed by atoms with van der Waals surface area (Å²) in [5.41, 5.74) is 6.45. The molecule has 1 fully saturated rings. The summed E-state index contributed by atoms with van der Waals surface area (Å²) in [5, 5.41) is 11.4. The molecule has 0 unspecified atom stereocenters. The molecule has 10 heteroatoms.